The normalized spacial score (nSPS) is 20.8. The Labute approximate surface area is 125 Å². The van der Waals surface area contributed by atoms with Gasteiger partial charge in [-0.05, 0) is 33.7 Å². The van der Waals surface area contributed by atoms with Crippen molar-refractivity contribution in [3.63, 3.8) is 0 Å². The SMILES string of the molecule is CC(=O)O.CC(C)(C)OC=O.N=C(N)C1CCNCC1O. The van der Waals surface area contributed by atoms with Crippen LogP contribution in [0.2, 0.25) is 0 Å². The van der Waals surface area contributed by atoms with Gasteiger partial charge < -0.3 is 26.0 Å². The van der Waals surface area contributed by atoms with Crippen LogP contribution in [0.1, 0.15) is 34.1 Å². The number of hydrogen-bond acceptors (Lipinski definition) is 6. The zero-order valence-corrected chi connectivity index (χ0v) is 13.0. The molecule has 124 valence electrons. The molecule has 1 aliphatic rings. The molecule has 1 aliphatic heterocycles. The van der Waals surface area contributed by atoms with Gasteiger partial charge in [0.1, 0.15) is 5.60 Å². The molecule has 0 saturated carbocycles. The molecule has 0 bridgehead atoms. The third-order valence-electron chi connectivity index (χ3n) is 2.25. The van der Waals surface area contributed by atoms with E-state index in [-0.39, 0.29) is 17.4 Å². The van der Waals surface area contributed by atoms with Gasteiger partial charge in [0.15, 0.2) is 0 Å². The average molecular weight is 305 g/mol. The number of aliphatic hydroxyl groups is 1. The van der Waals surface area contributed by atoms with E-state index >= 15 is 0 Å². The van der Waals surface area contributed by atoms with Gasteiger partial charge in [0.2, 0.25) is 0 Å². The van der Waals surface area contributed by atoms with Crippen molar-refractivity contribution in [2.45, 2.75) is 45.8 Å². The van der Waals surface area contributed by atoms with Gasteiger partial charge in [-0.15, -0.1) is 0 Å². The molecule has 0 radical (unpaired) electrons. The molecule has 0 amide bonds. The summed E-state index contributed by atoms with van der Waals surface area (Å²) in [5, 5.41) is 26.8. The van der Waals surface area contributed by atoms with Crippen molar-refractivity contribution in [2.75, 3.05) is 13.1 Å². The first-order valence-electron chi connectivity index (χ1n) is 6.55. The van der Waals surface area contributed by atoms with E-state index in [2.05, 4.69) is 10.1 Å². The third kappa shape index (κ3) is 16.3. The molecule has 0 aromatic heterocycles. The van der Waals surface area contributed by atoms with E-state index < -0.39 is 12.1 Å². The monoisotopic (exact) mass is 305 g/mol. The summed E-state index contributed by atoms with van der Waals surface area (Å²) < 4.78 is 4.55. The number of piperidine rings is 1. The molecule has 1 fully saturated rings. The zero-order valence-electron chi connectivity index (χ0n) is 13.0. The van der Waals surface area contributed by atoms with Crippen LogP contribution in [0.3, 0.4) is 0 Å². The average Bonchev–Trinajstić information content (AvgIpc) is 2.27. The van der Waals surface area contributed by atoms with E-state index in [1.165, 1.54) is 0 Å². The first-order chi connectivity index (χ1) is 9.51. The summed E-state index contributed by atoms with van der Waals surface area (Å²) >= 11 is 0. The lowest BCUT2D eigenvalue weighted by Crippen LogP contribution is -2.45. The number of carboxylic acids is 1. The summed E-state index contributed by atoms with van der Waals surface area (Å²) in [4.78, 5) is 18.6. The van der Waals surface area contributed by atoms with Gasteiger partial charge in [-0.25, -0.2) is 0 Å². The van der Waals surface area contributed by atoms with Gasteiger partial charge in [0.05, 0.1) is 11.9 Å². The van der Waals surface area contributed by atoms with Gasteiger partial charge in [-0.1, -0.05) is 0 Å². The maximum atomic E-state index is 9.60. The molecule has 6 N–H and O–H groups in total. The second kappa shape index (κ2) is 11.0. The summed E-state index contributed by atoms with van der Waals surface area (Å²) in [6, 6.07) is 0. The van der Waals surface area contributed by atoms with Crippen LogP contribution in [0.4, 0.5) is 0 Å². The highest BCUT2D eigenvalue weighted by Crippen LogP contribution is 2.11. The molecule has 1 saturated heterocycles. The van der Waals surface area contributed by atoms with Crippen molar-refractivity contribution in [1.82, 2.24) is 5.32 Å². The Bertz CT molecular complexity index is 324. The summed E-state index contributed by atoms with van der Waals surface area (Å²) in [7, 11) is 0. The Kier molecular flexibility index (Phi) is 11.4. The van der Waals surface area contributed by atoms with Crippen molar-refractivity contribution in [2.24, 2.45) is 11.7 Å². The third-order valence-corrected chi connectivity index (χ3v) is 2.25. The maximum Gasteiger partial charge on any atom is 0.300 e. The van der Waals surface area contributed by atoms with Crippen LogP contribution in [0, 0.1) is 11.3 Å². The standard InChI is InChI=1S/C6H13N3O.C5H10O2.C2H4O2/c7-6(8)4-1-2-9-3-5(4)10;1-5(2,3)7-4-6;1-2(3)4/h4-5,9-10H,1-3H2,(H3,7,8);4H,1-3H3;1H3,(H,3,4). The van der Waals surface area contributed by atoms with Crippen molar-refractivity contribution < 1.29 is 24.5 Å². The number of amidine groups is 1. The van der Waals surface area contributed by atoms with E-state index in [0.717, 1.165) is 19.9 Å². The predicted octanol–water partition coefficient (Wildman–Crippen LogP) is -0.0584. The number of nitrogens with two attached hydrogens (primary N) is 1. The zero-order chi connectivity index (χ0) is 17.1. The molecule has 21 heavy (non-hydrogen) atoms. The smallest absolute Gasteiger partial charge is 0.300 e. The first kappa shape index (κ1) is 21.6. The second-order valence-electron chi connectivity index (χ2n) is 5.47. The fourth-order valence-corrected chi connectivity index (χ4v) is 1.35. The van der Waals surface area contributed by atoms with Crippen LogP contribution in [0.25, 0.3) is 0 Å². The number of ether oxygens (including phenoxy) is 1. The minimum Gasteiger partial charge on any atom is -0.481 e. The Morgan fingerprint density at radius 3 is 2.14 bits per heavy atom. The van der Waals surface area contributed by atoms with Crippen molar-refractivity contribution in [1.29, 1.82) is 5.41 Å². The largest absolute Gasteiger partial charge is 0.481 e. The van der Waals surface area contributed by atoms with Crippen molar-refractivity contribution in [3.05, 3.63) is 0 Å². The second-order valence-corrected chi connectivity index (χ2v) is 5.47. The summed E-state index contributed by atoms with van der Waals surface area (Å²) in [5.74, 6) is -0.852. The lowest BCUT2D eigenvalue weighted by atomic mass is 9.94. The molecular formula is C13H27N3O5. The molecule has 0 aliphatic carbocycles. The molecule has 0 aromatic rings. The molecule has 1 rings (SSSR count). The summed E-state index contributed by atoms with van der Waals surface area (Å²) in [6.45, 7) is 8.41. The molecule has 0 spiro atoms. The van der Waals surface area contributed by atoms with Crippen LogP contribution < -0.4 is 11.1 Å². The van der Waals surface area contributed by atoms with Crippen molar-refractivity contribution in [3.8, 4) is 0 Å². The van der Waals surface area contributed by atoms with Crippen LogP contribution in [0.5, 0.6) is 0 Å². The molecule has 0 aromatic carbocycles. The number of carbonyl (C=O) groups is 2. The minimum atomic E-state index is -0.833. The quantitative estimate of drug-likeness (QED) is 0.273. The number of hydrogen-bond donors (Lipinski definition) is 5. The van der Waals surface area contributed by atoms with Gasteiger partial charge >= 0.3 is 0 Å². The van der Waals surface area contributed by atoms with Gasteiger partial charge in [0.25, 0.3) is 12.4 Å². The van der Waals surface area contributed by atoms with E-state index in [1.54, 1.807) is 0 Å². The fourth-order valence-electron chi connectivity index (χ4n) is 1.35. The Morgan fingerprint density at radius 2 is 1.95 bits per heavy atom. The topological polar surface area (TPSA) is 146 Å². The summed E-state index contributed by atoms with van der Waals surface area (Å²) in [6.07, 6.45) is 0.308. The molecule has 8 nitrogen and oxygen atoms in total. The van der Waals surface area contributed by atoms with E-state index in [0.29, 0.717) is 13.0 Å². The van der Waals surface area contributed by atoms with E-state index in [1.807, 2.05) is 20.8 Å². The van der Waals surface area contributed by atoms with Gasteiger partial charge in [-0.3, -0.25) is 15.0 Å². The number of β-amino-alcohol motifs (C(OH)–C–C–N with tert-alkyl or cyclic N) is 1. The van der Waals surface area contributed by atoms with Gasteiger partial charge in [-0.2, -0.15) is 0 Å². The summed E-state index contributed by atoms with van der Waals surface area (Å²) in [5.41, 5.74) is 4.94. The first-order valence-corrected chi connectivity index (χ1v) is 6.55. The fraction of sp³-hybridized carbons (Fsp3) is 0.769. The number of nitrogens with one attached hydrogen (secondary N) is 2. The van der Waals surface area contributed by atoms with Crippen LogP contribution >= 0.6 is 0 Å². The Morgan fingerprint density at radius 1 is 1.48 bits per heavy atom. The van der Waals surface area contributed by atoms with Crippen molar-refractivity contribution >= 4 is 18.3 Å². The highest BCUT2D eigenvalue weighted by atomic mass is 16.5. The molecule has 8 heteroatoms. The molecule has 2 atom stereocenters. The van der Waals surface area contributed by atoms with Crippen LogP contribution in [-0.4, -0.2) is 53.3 Å². The molecule has 1 heterocycles. The Hall–Kier alpha value is -1.67. The minimum absolute atomic E-state index is 0.106. The molecular weight excluding hydrogens is 278 g/mol. The molecule has 2 unspecified atom stereocenters. The highest BCUT2D eigenvalue weighted by Gasteiger charge is 2.24. The van der Waals surface area contributed by atoms with Crippen LogP contribution in [0.15, 0.2) is 0 Å². The number of rotatable bonds is 2. The van der Waals surface area contributed by atoms with E-state index in [9.17, 15) is 9.90 Å². The number of carbonyl (C=O) groups excluding carboxylic acids is 1. The number of aliphatic hydroxyl groups excluding tert-OH is 1. The lowest BCUT2D eigenvalue weighted by Gasteiger charge is -2.26. The number of carboxylic acid groups (broad SMARTS) is 1. The van der Waals surface area contributed by atoms with E-state index in [4.69, 9.17) is 21.0 Å². The van der Waals surface area contributed by atoms with Gasteiger partial charge in [0, 0.05) is 19.4 Å². The Balaban J connectivity index is 0. The number of aliphatic carboxylic acids is 1. The van der Waals surface area contributed by atoms with Crippen LogP contribution in [-0.2, 0) is 14.3 Å². The predicted molar refractivity (Wildman–Crippen MR) is 79.1 cm³/mol. The lowest BCUT2D eigenvalue weighted by molar-refractivity contribution is -0.138. The highest BCUT2D eigenvalue weighted by molar-refractivity contribution is 5.80. The maximum absolute atomic E-state index is 9.60.